The fourth-order valence-electron chi connectivity index (χ4n) is 17.6. The van der Waals surface area contributed by atoms with E-state index in [9.17, 15) is 66.1 Å². The Labute approximate surface area is 437 Å². The molecule has 30 atom stereocenters. The van der Waals surface area contributed by atoms with Gasteiger partial charge in [0.25, 0.3) is 0 Å². The normalized spacial score (nSPS) is 58.5. The van der Waals surface area contributed by atoms with Crippen LogP contribution in [-0.2, 0) is 47.4 Å². The quantitative estimate of drug-likeness (QED) is 0.0827. The van der Waals surface area contributed by atoms with Crippen molar-refractivity contribution in [2.45, 2.75) is 247 Å². The molecule has 22 nitrogen and oxygen atoms in total. The van der Waals surface area contributed by atoms with Crippen LogP contribution >= 0.6 is 0 Å². The third-order valence-corrected chi connectivity index (χ3v) is 22.3. The van der Waals surface area contributed by atoms with Gasteiger partial charge in [0, 0.05) is 16.2 Å². The highest BCUT2D eigenvalue weighted by atomic mass is 16.8. The van der Waals surface area contributed by atoms with Gasteiger partial charge < -0.3 is 109 Å². The second-order valence-electron chi connectivity index (χ2n) is 26.2. The van der Waals surface area contributed by atoms with Crippen LogP contribution in [0.4, 0.5) is 0 Å². The highest BCUT2D eigenvalue weighted by Crippen LogP contribution is 2.80. The Hall–Kier alpha value is -1.17. The van der Waals surface area contributed by atoms with Gasteiger partial charge in [-0.05, 0) is 105 Å². The molecule has 10 aliphatic rings. The van der Waals surface area contributed by atoms with Gasteiger partial charge in [-0.1, -0.05) is 41.5 Å². The summed E-state index contributed by atoms with van der Waals surface area (Å²) in [5.74, 6) is 0.373. The average molecular weight is 1080 g/mol. The first-order valence-electron chi connectivity index (χ1n) is 27.5. The number of aldehydes is 1. The summed E-state index contributed by atoms with van der Waals surface area (Å²) >= 11 is 0. The minimum Gasteiger partial charge on any atom is -0.394 e. The van der Waals surface area contributed by atoms with Gasteiger partial charge in [0.05, 0.1) is 50.3 Å². The number of carbonyl (C=O) groups excluding carboxylic acids is 1. The number of aliphatic hydroxyl groups excluding tert-OH is 12. The average Bonchev–Trinajstić information content (AvgIpc) is 3.86. The molecule has 10 fully saturated rings. The van der Waals surface area contributed by atoms with Crippen LogP contribution in [0, 0.1) is 50.2 Å². The van der Waals surface area contributed by atoms with Crippen molar-refractivity contribution >= 4 is 6.29 Å². The van der Waals surface area contributed by atoms with E-state index in [-0.39, 0.29) is 34.0 Å². The van der Waals surface area contributed by atoms with Crippen molar-refractivity contribution in [2.75, 3.05) is 26.4 Å². The van der Waals surface area contributed by atoms with Crippen molar-refractivity contribution in [3.63, 3.8) is 0 Å². The summed E-state index contributed by atoms with van der Waals surface area (Å²) < 4.78 is 57.5. The molecule has 5 aliphatic carbocycles. The van der Waals surface area contributed by atoms with Gasteiger partial charge in [-0.15, -0.1) is 0 Å². The standard InChI is InChI=1S/C53H86O22/c1-23-32(58)35(61)38(64)43(69-23)72-26-20-67-46(42(75-45-40(66)37(63)34(60)25(19-55)71-45)41(26)74-44-39(65)36(62)33(59)24(18-54)70-44)73-31-10-11-49(5)27(47(31,2)3)8-12-50(6)28(49)9-13-53-29-16-48(4,21-56)14-15-52(29,22-68-53)30(57)17-51(50,53)7/h21,23-46,54-55,57-66H,8-20,22H2,1-7H3/t23-,24+,25+,26-,27?,28+,29-,30+,31-,32-,33+,34+,35+,36-,37-,38+,39+,40+,41-,42+,43-,44+,45-,46-,48+,49-,50+,51-,52?,53?/m0/s1. The SMILES string of the molecule is C[C@@H]1O[C@@H](O[C@H]2CO[C@@H](O[C@H]3CC[C@@]4(C)C(CC[C@]5(C)[C@@H]4CCC46OCC7(CC[C@@](C)(C=O)C[C@@H]74)[C@H](O)C[C@]65C)C3(C)C)[C@H](O[C@@H]3O[C@H](CO)[C@@H](O)[C@H](O)[C@H]3O)[C@H]2O[C@H]2O[C@H](CO)[C@@H](O)[C@H](O)[C@H]2O)[C@H](O)[C@H](O)[C@H]1O. The predicted octanol–water partition coefficient (Wildman–Crippen LogP) is -1.50. The Bertz CT molecular complexity index is 2050. The zero-order chi connectivity index (χ0) is 54.3. The van der Waals surface area contributed by atoms with E-state index < -0.39 is 171 Å². The molecule has 5 aliphatic heterocycles. The molecule has 0 aromatic heterocycles. The molecule has 0 amide bonds. The lowest BCUT2D eigenvalue weighted by molar-refractivity contribution is -0.403. The molecule has 430 valence electrons. The first-order valence-corrected chi connectivity index (χ1v) is 27.5. The molecular weight excluding hydrogens is 989 g/mol. The first-order chi connectivity index (χ1) is 35.2. The minimum absolute atomic E-state index is 0.0574. The summed E-state index contributed by atoms with van der Waals surface area (Å²) in [6.07, 6.45) is -24.0. The van der Waals surface area contributed by atoms with Crippen LogP contribution in [0.25, 0.3) is 0 Å². The molecule has 22 heteroatoms. The second kappa shape index (κ2) is 20.1. The van der Waals surface area contributed by atoms with Crippen molar-refractivity contribution in [1.29, 1.82) is 0 Å². The fraction of sp³-hybridized carbons (Fsp3) is 0.981. The maximum Gasteiger partial charge on any atom is 0.187 e. The Balaban J connectivity index is 0.964. The minimum atomic E-state index is -1.95. The van der Waals surface area contributed by atoms with Crippen LogP contribution in [0.3, 0.4) is 0 Å². The lowest BCUT2D eigenvalue weighted by Gasteiger charge is -2.75. The number of rotatable bonds is 11. The van der Waals surface area contributed by atoms with E-state index in [0.717, 1.165) is 51.2 Å². The summed E-state index contributed by atoms with van der Waals surface area (Å²) in [4.78, 5) is 12.6. The molecule has 10 rings (SSSR count). The molecule has 0 aromatic rings. The lowest BCUT2D eigenvalue weighted by Crippen LogP contribution is -2.74. The van der Waals surface area contributed by atoms with E-state index in [1.807, 2.05) is 0 Å². The molecule has 1 spiro atoms. The van der Waals surface area contributed by atoms with E-state index in [1.165, 1.54) is 6.92 Å². The molecular formula is C53H86O22. The summed E-state index contributed by atoms with van der Waals surface area (Å²) in [5, 5.41) is 131. The number of fused-ring (bicyclic) bond motifs is 4. The lowest BCUT2D eigenvalue weighted by atomic mass is 9.30. The van der Waals surface area contributed by atoms with Gasteiger partial charge in [-0.3, -0.25) is 0 Å². The highest BCUT2D eigenvalue weighted by Gasteiger charge is 2.80. The molecule has 5 saturated carbocycles. The van der Waals surface area contributed by atoms with E-state index in [2.05, 4.69) is 41.5 Å². The van der Waals surface area contributed by atoms with Gasteiger partial charge in [0.1, 0.15) is 91.7 Å². The van der Waals surface area contributed by atoms with Gasteiger partial charge in [0.15, 0.2) is 25.2 Å². The highest BCUT2D eigenvalue weighted by molar-refractivity contribution is 5.59. The maximum absolute atomic E-state index is 12.6. The molecule has 75 heavy (non-hydrogen) atoms. The van der Waals surface area contributed by atoms with Crippen LogP contribution in [0.5, 0.6) is 0 Å². The van der Waals surface area contributed by atoms with Crippen molar-refractivity contribution < 1.29 is 109 Å². The van der Waals surface area contributed by atoms with Gasteiger partial charge in [-0.25, -0.2) is 0 Å². The predicted molar refractivity (Wildman–Crippen MR) is 255 cm³/mol. The zero-order valence-electron chi connectivity index (χ0n) is 44.3. The summed E-state index contributed by atoms with van der Waals surface area (Å²) in [7, 11) is 0. The van der Waals surface area contributed by atoms with Crippen LogP contribution in [0.15, 0.2) is 0 Å². The summed E-state index contributed by atoms with van der Waals surface area (Å²) in [6, 6.07) is 0. The van der Waals surface area contributed by atoms with E-state index in [0.29, 0.717) is 25.9 Å². The molecule has 2 bridgehead atoms. The van der Waals surface area contributed by atoms with Crippen LogP contribution in [0.2, 0.25) is 0 Å². The molecule has 3 unspecified atom stereocenters. The summed E-state index contributed by atoms with van der Waals surface area (Å²) in [5.41, 5.74) is -2.75. The number of carbonyl (C=O) groups is 1. The third kappa shape index (κ3) is 8.54. The largest absolute Gasteiger partial charge is 0.394 e. The Morgan fingerprint density at radius 3 is 1.73 bits per heavy atom. The number of ether oxygens (including phenoxy) is 9. The van der Waals surface area contributed by atoms with Crippen LogP contribution in [0.1, 0.15) is 113 Å². The smallest absolute Gasteiger partial charge is 0.187 e. The van der Waals surface area contributed by atoms with Crippen LogP contribution < -0.4 is 0 Å². The van der Waals surface area contributed by atoms with E-state index >= 15 is 0 Å². The van der Waals surface area contributed by atoms with Crippen molar-refractivity contribution in [3.05, 3.63) is 0 Å². The second-order valence-corrected chi connectivity index (χ2v) is 26.2. The van der Waals surface area contributed by atoms with Gasteiger partial charge in [0.2, 0.25) is 0 Å². The van der Waals surface area contributed by atoms with Gasteiger partial charge in [-0.2, -0.15) is 0 Å². The zero-order valence-corrected chi connectivity index (χ0v) is 44.3. The molecule has 0 aromatic carbocycles. The number of aliphatic hydroxyl groups is 12. The monoisotopic (exact) mass is 1070 g/mol. The van der Waals surface area contributed by atoms with Crippen molar-refractivity contribution in [2.24, 2.45) is 50.2 Å². The van der Waals surface area contributed by atoms with E-state index in [1.54, 1.807) is 0 Å². The van der Waals surface area contributed by atoms with Crippen LogP contribution in [-0.4, -0.2) is 229 Å². The van der Waals surface area contributed by atoms with Crippen molar-refractivity contribution in [1.82, 2.24) is 0 Å². The van der Waals surface area contributed by atoms with Gasteiger partial charge >= 0.3 is 0 Å². The Morgan fingerprint density at radius 1 is 0.560 bits per heavy atom. The first kappa shape index (κ1) is 57.1. The van der Waals surface area contributed by atoms with E-state index in [4.69, 9.17) is 42.6 Å². The number of hydrogen-bond acceptors (Lipinski definition) is 22. The summed E-state index contributed by atoms with van der Waals surface area (Å²) in [6.45, 7) is 13.5. The topological polar surface area (TPSA) is 343 Å². The molecule has 5 saturated heterocycles. The third-order valence-electron chi connectivity index (χ3n) is 22.3. The Morgan fingerprint density at radius 2 is 1.13 bits per heavy atom. The maximum atomic E-state index is 12.6. The number of hydrogen-bond donors (Lipinski definition) is 12. The fourth-order valence-corrected chi connectivity index (χ4v) is 17.6. The molecule has 0 radical (unpaired) electrons. The Kier molecular flexibility index (Phi) is 15.3. The van der Waals surface area contributed by atoms with Crippen molar-refractivity contribution in [3.8, 4) is 0 Å². The molecule has 5 heterocycles. The molecule has 12 N–H and O–H groups in total.